The summed E-state index contributed by atoms with van der Waals surface area (Å²) < 4.78 is 0. The monoisotopic (exact) mass is 177 g/mol. The van der Waals surface area contributed by atoms with Crippen LogP contribution in [-0.2, 0) is 33.6 Å². The summed E-state index contributed by atoms with van der Waals surface area (Å²) in [6.45, 7) is 0. The molecule has 0 unspecified atom stereocenters. The topological polar surface area (TPSA) is 0 Å². The molecule has 0 bridgehead atoms. The van der Waals surface area contributed by atoms with Crippen molar-refractivity contribution < 1.29 is 33.6 Å². The fourth-order valence-corrected chi connectivity index (χ4v) is 0. The van der Waals surface area contributed by atoms with E-state index in [0.29, 0.717) is 0 Å². The summed E-state index contributed by atoms with van der Waals surface area (Å²) in [6, 6.07) is 0. The predicted molar refractivity (Wildman–Crippen MR) is 11.5 cm³/mol. The van der Waals surface area contributed by atoms with Gasteiger partial charge >= 0.3 is 0 Å². The molecule has 0 aliphatic carbocycles. The van der Waals surface area contributed by atoms with E-state index < -0.39 is 0 Å². The van der Waals surface area contributed by atoms with E-state index in [1.165, 1.54) is 0 Å². The fourth-order valence-electron chi connectivity index (χ4n) is 0. The second-order valence-electron chi connectivity index (χ2n) is 0. The fraction of sp³-hybridized carbons (Fsp3) is 0. The molecule has 0 aromatic carbocycles. The Labute approximate surface area is 92.4 Å². The first-order chi connectivity index (χ1) is 0. The first-order valence-electron chi connectivity index (χ1n) is 0. The summed E-state index contributed by atoms with van der Waals surface area (Å²) in [7, 11) is 0. The molecule has 21 valence electrons. The van der Waals surface area contributed by atoms with E-state index in [1.807, 2.05) is 0 Å². The second-order valence-corrected chi connectivity index (χ2v) is 0. The van der Waals surface area contributed by atoms with Crippen molar-refractivity contribution in [3.63, 3.8) is 0 Å². The maximum atomic E-state index is 0. The molecule has 0 rings (SSSR count). The van der Waals surface area contributed by atoms with Crippen LogP contribution in [0.5, 0.6) is 0 Å². The van der Waals surface area contributed by atoms with Gasteiger partial charge in [0.1, 0.15) is 0 Å². The SMILES string of the molecule is [Ca].[Mg].[Mn].[Ni]. The molecular formula is CaMgMnNi. The third-order valence-electron chi connectivity index (χ3n) is 0. The van der Waals surface area contributed by atoms with Crippen molar-refractivity contribution in [3.05, 3.63) is 0 Å². The van der Waals surface area contributed by atoms with Crippen molar-refractivity contribution in [3.8, 4) is 0 Å². The van der Waals surface area contributed by atoms with Crippen molar-refractivity contribution in [1.29, 1.82) is 0 Å². The van der Waals surface area contributed by atoms with Gasteiger partial charge in [0, 0.05) is 94.4 Å². The third-order valence-corrected chi connectivity index (χ3v) is 0. The summed E-state index contributed by atoms with van der Waals surface area (Å²) in [5.41, 5.74) is 0. The Hall–Kier alpha value is 3.04. The maximum absolute atomic E-state index is 0. The van der Waals surface area contributed by atoms with Crippen LogP contribution in [0.4, 0.5) is 0 Å². The van der Waals surface area contributed by atoms with Crippen LogP contribution >= 0.6 is 0 Å². The van der Waals surface area contributed by atoms with Crippen molar-refractivity contribution >= 4 is 60.8 Å². The Morgan fingerprint density at radius 3 is 1.00 bits per heavy atom. The van der Waals surface area contributed by atoms with Crippen LogP contribution in [0.3, 0.4) is 0 Å². The van der Waals surface area contributed by atoms with Crippen LogP contribution in [0.25, 0.3) is 0 Å². The minimum absolute atomic E-state index is 0. The molecule has 4 heavy (non-hydrogen) atoms. The summed E-state index contributed by atoms with van der Waals surface area (Å²) in [4.78, 5) is 0. The average Bonchev–Trinajstić information content (AvgIpc) is 0. The second kappa shape index (κ2) is 16.6. The maximum Gasteiger partial charge on any atom is 0 e. The third kappa shape index (κ3) is 8.90. The number of hydrogen-bond acceptors (Lipinski definition) is 0. The van der Waals surface area contributed by atoms with E-state index >= 15 is 0 Å². The Kier molecular flexibility index (Phi) is 115. The van der Waals surface area contributed by atoms with Crippen LogP contribution in [0.15, 0.2) is 0 Å². The zero-order valence-electron chi connectivity index (χ0n) is 2.11. The molecule has 0 heterocycles. The molecule has 0 aromatic rings. The Balaban J connectivity index is 0. The molecule has 0 N–H and O–H groups in total. The van der Waals surface area contributed by atoms with E-state index in [2.05, 4.69) is 0 Å². The largest absolute Gasteiger partial charge is 0 e. The normalized spacial score (nSPS) is 0. The van der Waals surface area contributed by atoms with E-state index in [1.54, 1.807) is 0 Å². The molecule has 0 atom stereocenters. The zero-order valence-corrected chi connectivity index (χ0v) is 7.90. The van der Waals surface area contributed by atoms with E-state index in [-0.39, 0.29) is 94.4 Å². The summed E-state index contributed by atoms with van der Waals surface area (Å²) >= 11 is 0. The molecule has 0 aliphatic heterocycles. The molecule has 0 aromatic heterocycles. The Morgan fingerprint density at radius 2 is 1.00 bits per heavy atom. The first-order valence-corrected chi connectivity index (χ1v) is 0. The van der Waals surface area contributed by atoms with Gasteiger partial charge in [0.2, 0.25) is 0 Å². The van der Waals surface area contributed by atoms with Gasteiger partial charge in [0.05, 0.1) is 0 Å². The molecule has 0 nitrogen and oxygen atoms in total. The molecular weight excluding hydrogens is 178 g/mol. The van der Waals surface area contributed by atoms with Crippen molar-refractivity contribution in [2.75, 3.05) is 0 Å². The molecule has 0 fully saturated rings. The molecule has 0 spiro atoms. The predicted octanol–water partition coefficient (Wildman–Crippen LogP) is -0.767. The van der Waals surface area contributed by atoms with Crippen molar-refractivity contribution in [1.82, 2.24) is 0 Å². The van der Waals surface area contributed by atoms with Gasteiger partial charge in [-0.25, -0.2) is 0 Å². The van der Waals surface area contributed by atoms with Gasteiger partial charge in [0.15, 0.2) is 0 Å². The Morgan fingerprint density at radius 1 is 1.00 bits per heavy atom. The smallest absolute Gasteiger partial charge is 0 e. The summed E-state index contributed by atoms with van der Waals surface area (Å²) in [5.74, 6) is 0. The minimum Gasteiger partial charge on any atom is 0 e. The average molecular weight is 178 g/mol. The van der Waals surface area contributed by atoms with Gasteiger partial charge in [0.25, 0.3) is 0 Å². The Bertz CT molecular complexity index is 8.00. The van der Waals surface area contributed by atoms with Crippen LogP contribution < -0.4 is 0 Å². The van der Waals surface area contributed by atoms with Crippen molar-refractivity contribution in [2.45, 2.75) is 0 Å². The van der Waals surface area contributed by atoms with Gasteiger partial charge in [-0.05, 0) is 0 Å². The zero-order chi connectivity index (χ0) is 0. The summed E-state index contributed by atoms with van der Waals surface area (Å²) in [5, 5.41) is 0. The van der Waals surface area contributed by atoms with Gasteiger partial charge in [-0.2, -0.15) is 0 Å². The molecule has 4 heteroatoms. The van der Waals surface area contributed by atoms with Gasteiger partial charge in [-0.15, -0.1) is 0 Å². The van der Waals surface area contributed by atoms with Gasteiger partial charge in [-0.1, -0.05) is 0 Å². The van der Waals surface area contributed by atoms with E-state index in [9.17, 15) is 0 Å². The number of rotatable bonds is 0. The minimum atomic E-state index is 0. The molecule has 0 saturated carbocycles. The van der Waals surface area contributed by atoms with Crippen LogP contribution in [0.1, 0.15) is 0 Å². The van der Waals surface area contributed by atoms with Gasteiger partial charge in [-0.3, -0.25) is 0 Å². The van der Waals surface area contributed by atoms with Crippen LogP contribution in [0.2, 0.25) is 0 Å². The van der Waals surface area contributed by atoms with E-state index in [0.717, 1.165) is 0 Å². The summed E-state index contributed by atoms with van der Waals surface area (Å²) in [6.07, 6.45) is 0. The van der Waals surface area contributed by atoms with Gasteiger partial charge < -0.3 is 0 Å². The molecule has 0 aliphatic rings. The van der Waals surface area contributed by atoms with E-state index in [4.69, 9.17) is 0 Å². The number of hydrogen-bond donors (Lipinski definition) is 0. The quantitative estimate of drug-likeness (QED) is 0.427. The van der Waals surface area contributed by atoms with Crippen molar-refractivity contribution in [2.24, 2.45) is 0 Å². The first kappa shape index (κ1) is 27.8. The molecule has 0 saturated heterocycles. The van der Waals surface area contributed by atoms with Crippen LogP contribution in [0, 0.1) is 0 Å². The molecule has 5 radical (unpaired) electrons. The standard InChI is InChI=1S/Ca.Mg.Mn.Ni. The van der Waals surface area contributed by atoms with Crippen LogP contribution in [-0.4, -0.2) is 60.8 Å². The molecule has 0 amide bonds.